The summed E-state index contributed by atoms with van der Waals surface area (Å²) in [5, 5.41) is 8.91. The first-order chi connectivity index (χ1) is 13.0. The summed E-state index contributed by atoms with van der Waals surface area (Å²) in [6.07, 6.45) is 0.873. The predicted molar refractivity (Wildman–Crippen MR) is 101 cm³/mol. The number of fused-ring (bicyclic) bond motifs is 1. The predicted octanol–water partition coefficient (Wildman–Crippen LogP) is 2.88. The Morgan fingerprint density at radius 3 is 2.37 bits per heavy atom. The lowest BCUT2D eigenvalue weighted by Gasteiger charge is -2.39. The van der Waals surface area contributed by atoms with E-state index in [4.69, 9.17) is 9.94 Å². The normalized spacial score (nSPS) is 16.8. The number of carbonyl (C=O) groups excluding carboxylic acids is 1. The molecule has 0 aromatic heterocycles. The van der Waals surface area contributed by atoms with Gasteiger partial charge in [-0.05, 0) is 55.7 Å². The molecular weight excluding hydrogens is 344 g/mol. The number of nitrogens with zero attached hydrogens (tertiary/aromatic N) is 1. The van der Waals surface area contributed by atoms with Gasteiger partial charge in [0.05, 0.1) is 12.2 Å². The highest BCUT2D eigenvalue weighted by Crippen LogP contribution is 2.25. The van der Waals surface area contributed by atoms with Crippen LogP contribution in [0.25, 0.3) is 0 Å². The topological polar surface area (TPSA) is 78.9 Å². The molecule has 0 aliphatic carbocycles. The smallest absolute Gasteiger partial charge is 0.335 e. The second-order valence-electron chi connectivity index (χ2n) is 7.02. The van der Waals surface area contributed by atoms with E-state index >= 15 is 0 Å². The Kier molecular flexibility index (Phi) is 5.88. The molecule has 6 nitrogen and oxygen atoms in total. The maximum absolute atomic E-state index is 12.2. The summed E-state index contributed by atoms with van der Waals surface area (Å²) in [4.78, 5) is 30.9. The van der Waals surface area contributed by atoms with Crippen LogP contribution in [-0.2, 0) is 17.8 Å². The van der Waals surface area contributed by atoms with Crippen LogP contribution in [0.5, 0.6) is 0 Å². The second-order valence-corrected chi connectivity index (χ2v) is 7.02. The monoisotopic (exact) mass is 368 g/mol. The van der Waals surface area contributed by atoms with Crippen LogP contribution in [0.15, 0.2) is 48.5 Å². The highest BCUT2D eigenvalue weighted by molar-refractivity contribution is 5.95. The SMILES string of the molecule is CC(C)N1Cc2ccccc2CC1CONC(=O)c1ccc(C(=O)O)cc1. The van der Waals surface area contributed by atoms with Gasteiger partial charge < -0.3 is 5.11 Å². The van der Waals surface area contributed by atoms with E-state index in [-0.39, 0.29) is 17.5 Å². The van der Waals surface area contributed by atoms with Gasteiger partial charge in [0.1, 0.15) is 0 Å². The zero-order valence-corrected chi connectivity index (χ0v) is 15.5. The van der Waals surface area contributed by atoms with Gasteiger partial charge in [0.2, 0.25) is 0 Å². The number of hydroxylamine groups is 1. The number of amides is 1. The van der Waals surface area contributed by atoms with Gasteiger partial charge in [0.25, 0.3) is 5.91 Å². The third kappa shape index (κ3) is 4.53. The number of nitrogens with one attached hydrogen (secondary N) is 1. The van der Waals surface area contributed by atoms with Crippen molar-refractivity contribution in [2.45, 2.75) is 38.9 Å². The van der Waals surface area contributed by atoms with Gasteiger partial charge in [-0.15, -0.1) is 0 Å². The van der Waals surface area contributed by atoms with Gasteiger partial charge in [-0.25, -0.2) is 10.3 Å². The summed E-state index contributed by atoms with van der Waals surface area (Å²) < 4.78 is 0. The number of benzene rings is 2. The number of carboxylic acids is 1. The standard InChI is InChI=1S/C21H24N2O4/c1-14(2)23-12-18-6-4-3-5-17(18)11-19(23)13-27-22-20(24)15-7-9-16(10-8-15)21(25)26/h3-10,14,19H,11-13H2,1-2H3,(H,22,24)(H,25,26). The summed E-state index contributed by atoms with van der Waals surface area (Å²) in [5.74, 6) is -1.41. The van der Waals surface area contributed by atoms with E-state index in [1.807, 2.05) is 6.07 Å². The maximum Gasteiger partial charge on any atom is 0.335 e. The van der Waals surface area contributed by atoms with Crippen molar-refractivity contribution >= 4 is 11.9 Å². The summed E-state index contributed by atoms with van der Waals surface area (Å²) in [6, 6.07) is 14.7. The molecule has 1 heterocycles. The molecule has 0 bridgehead atoms. The van der Waals surface area contributed by atoms with Crippen molar-refractivity contribution in [3.63, 3.8) is 0 Å². The van der Waals surface area contributed by atoms with Crippen LogP contribution in [-0.4, -0.2) is 40.6 Å². The Morgan fingerprint density at radius 2 is 1.74 bits per heavy atom. The Balaban J connectivity index is 1.58. The molecule has 0 spiro atoms. The Bertz CT molecular complexity index is 817. The van der Waals surface area contributed by atoms with Crippen LogP contribution >= 0.6 is 0 Å². The van der Waals surface area contributed by atoms with Crippen molar-refractivity contribution < 1.29 is 19.5 Å². The lowest BCUT2D eigenvalue weighted by molar-refractivity contribution is -0.0105. The highest BCUT2D eigenvalue weighted by atomic mass is 16.7. The van der Waals surface area contributed by atoms with E-state index in [9.17, 15) is 9.59 Å². The van der Waals surface area contributed by atoms with E-state index in [0.717, 1.165) is 13.0 Å². The van der Waals surface area contributed by atoms with Gasteiger partial charge in [-0.1, -0.05) is 24.3 Å². The third-order valence-corrected chi connectivity index (χ3v) is 4.89. The van der Waals surface area contributed by atoms with Crippen LogP contribution in [0, 0.1) is 0 Å². The first kappa shape index (κ1) is 19.1. The molecule has 142 valence electrons. The van der Waals surface area contributed by atoms with Gasteiger partial charge in [-0.3, -0.25) is 14.5 Å². The number of hydrogen-bond donors (Lipinski definition) is 2. The minimum Gasteiger partial charge on any atom is -0.478 e. The first-order valence-electron chi connectivity index (χ1n) is 9.03. The van der Waals surface area contributed by atoms with Crippen LogP contribution in [0.2, 0.25) is 0 Å². The summed E-state index contributed by atoms with van der Waals surface area (Å²) in [5.41, 5.74) is 5.62. The quantitative estimate of drug-likeness (QED) is 0.767. The number of carboxylic acid groups (broad SMARTS) is 1. The van der Waals surface area contributed by atoms with Gasteiger partial charge >= 0.3 is 5.97 Å². The van der Waals surface area contributed by atoms with Gasteiger partial charge in [0.15, 0.2) is 0 Å². The van der Waals surface area contributed by atoms with Crippen molar-refractivity contribution in [3.05, 3.63) is 70.8 Å². The number of rotatable bonds is 6. The Hall–Kier alpha value is -2.70. The van der Waals surface area contributed by atoms with Crippen LogP contribution in [0.4, 0.5) is 0 Å². The third-order valence-electron chi connectivity index (χ3n) is 4.89. The average molecular weight is 368 g/mol. The maximum atomic E-state index is 12.2. The average Bonchev–Trinajstić information content (AvgIpc) is 2.67. The molecule has 2 N–H and O–H groups in total. The lowest BCUT2D eigenvalue weighted by atomic mass is 9.93. The molecule has 0 saturated heterocycles. The molecule has 2 aromatic carbocycles. The Morgan fingerprint density at radius 1 is 1.11 bits per heavy atom. The van der Waals surface area contributed by atoms with Crippen molar-refractivity contribution in [1.29, 1.82) is 0 Å². The molecule has 0 fully saturated rings. The van der Waals surface area contributed by atoms with Crippen molar-refractivity contribution in [1.82, 2.24) is 10.4 Å². The van der Waals surface area contributed by atoms with Gasteiger partial charge in [-0.2, -0.15) is 0 Å². The largest absolute Gasteiger partial charge is 0.478 e. The minimum atomic E-state index is -1.02. The van der Waals surface area contributed by atoms with E-state index in [2.05, 4.69) is 42.4 Å². The molecule has 3 rings (SSSR count). The molecule has 6 heteroatoms. The highest BCUT2D eigenvalue weighted by Gasteiger charge is 2.28. The fourth-order valence-corrected chi connectivity index (χ4v) is 3.39. The molecular formula is C21H24N2O4. The van der Waals surface area contributed by atoms with E-state index < -0.39 is 5.97 Å². The fourth-order valence-electron chi connectivity index (χ4n) is 3.39. The molecule has 2 aromatic rings. The van der Waals surface area contributed by atoms with Crippen LogP contribution in [0.1, 0.15) is 45.7 Å². The lowest BCUT2D eigenvalue weighted by Crippen LogP contribution is -2.47. The van der Waals surface area contributed by atoms with Crippen molar-refractivity contribution in [2.24, 2.45) is 0 Å². The molecule has 1 aliphatic rings. The van der Waals surface area contributed by atoms with E-state index in [1.165, 1.54) is 35.4 Å². The summed E-state index contributed by atoms with van der Waals surface area (Å²) >= 11 is 0. The first-order valence-corrected chi connectivity index (χ1v) is 9.03. The zero-order chi connectivity index (χ0) is 19.4. The summed E-state index contributed by atoms with van der Waals surface area (Å²) in [6.45, 7) is 5.56. The van der Waals surface area contributed by atoms with Crippen LogP contribution < -0.4 is 5.48 Å². The molecule has 1 unspecified atom stereocenters. The molecule has 0 radical (unpaired) electrons. The van der Waals surface area contributed by atoms with Gasteiger partial charge in [0, 0.05) is 24.2 Å². The fraction of sp³-hybridized carbons (Fsp3) is 0.333. The number of carbonyl (C=O) groups is 2. The van der Waals surface area contributed by atoms with E-state index in [1.54, 1.807) is 0 Å². The molecule has 0 saturated carbocycles. The molecule has 1 atom stereocenters. The Labute approximate surface area is 158 Å². The molecule has 27 heavy (non-hydrogen) atoms. The van der Waals surface area contributed by atoms with Crippen LogP contribution in [0.3, 0.4) is 0 Å². The number of hydrogen-bond acceptors (Lipinski definition) is 4. The van der Waals surface area contributed by atoms with Crippen molar-refractivity contribution in [3.8, 4) is 0 Å². The summed E-state index contributed by atoms with van der Waals surface area (Å²) in [7, 11) is 0. The van der Waals surface area contributed by atoms with E-state index in [0.29, 0.717) is 18.2 Å². The zero-order valence-electron chi connectivity index (χ0n) is 15.5. The molecule has 1 aliphatic heterocycles. The molecule has 1 amide bonds. The second kappa shape index (κ2) is 8.33. The minimum absolute atomic E-state index is 0.140. The van der Waals surface area contributed by atoms with Crippen molar-refractivity contribution in [2.75, 3.05) is 6.61 Å². The number of aromatic carboxylic acids is 1.